The summed E-state index contributed by atoms with van der Waals surface area (Å²) >= 11 is 5.75. The molecule has 110 valence electrons. The molecule has 1 amide bonds. The van der Waals surface area contributed by atoms with Crippen LogP contribution in [-0.2, 0) is 4.79 Å². The second-order valence-electron chi connectivity index (χ2n) is 4.42. The molecule has 0 radical (unpaired) electrons. The minimum Gasteiger partial charge on any atom is -0.388 e. The summed E-state index contributed by atoms with van der Waals surface area (Å²) in [4.78, 5) is 11.7. The highest BCUT2D eigenvalue weighted by molar-refractivity contribution is 6.30. The van der Waals surface area contributed by atoms with E-state index in [0.717, 1.165) is 0 Å². The molecule has 0 heterocycles. The van der Waals surface area contributed by atoms with Gasteiger partial charge in [-0.1, -0.05) is 35.9 Å². The Morgan fingerprint density at radius 1 is 1.19 bits per heavy atom. The predicted molar refractivity (Wildman–Crippen MR) is 79.2 cm³/mol. The lowest BCUT2D eigenvalue weighted by Crippen LogP contribution is -2.30. The fourth-order valence-corrected chi connectivity index (χ4v) is 1.86. The SMILES string of the molecule is O=C(CC(O)c1ccc(Cl)cc1)NNc1ccccc1F. The van der Waals surface area contributed by atoms with Crippen molar-refractivity contribution in [2.75, 3.05) is 5.43 Å². The number of hydrazine groups is 1. The molecule has 1 atom stereocenters. The molecule has 0 aromatic heterocycles. The molecule has 1 unspecified atom stereocenters. The van der Waals surface area contributed by atoms with E-state index in [4.69, 9.17) is 11.6 Å². The third-order valence-electron chi connectivity index (χ3n) is 2.84. The molecule has 2 aromatic carbocycles. The highest BCUT2D eigenvalue weighted by Crippen LogP contribution is 2.19. The smallest absolute Gasteiger partial charge is 0.241 e. The van der Waals surface area contributed by atoms with E-state index in [1.165, 1.54) is 12.1 Å². The van der Waals surface area contributed by atoms with Crippen molar-refractivity contribution < 1.29 is 14.3 Å². The monoisotopic (exact) mass is 308 g/mol. The summed E-state index contributed by atoms with van der Waals surface area (Å²) in [7, 11) is 0. The second kappa shape index (κ2) is 7.06. The maximum Gasteiger partial charge on any atom is 0.241 e. The van der Waals surface area contributed by atoms with Crippen LogP contribution in [0, 0.1) is 5.82 Å². The van der Waals surface area contributed by atoms with Crippen molar-refractivity contribution in [3.8, 4) is 0 Å². The Labute approximate surface area is 126 Å². The number of benzene rings is 2. The zero-order chi connectivity index (χ0) is 15.2. The Bertz CT molecular complexity index is 619. The summed E-state index contributed by atoms with van der Waals surface area (Å²) in [6.45, 7) is 0. The van der Waals surface area contributed by atoms with E-state index in [-0.39, 0.29) is 12.1 Å². The van der Waals surface area contributed by atoms with Gasteiger partial charge in [0.15, 0.2) is 0 Å². The number of halogens is 2. The summed E-state index contributed by atoms with van der Waals surface area (Å²) in [6.07, 6.45) is -1.10. The van der Waals surface area contributed by atoms with E-state index in [1.807, 2.05) is 0 Å². The van der Waals surface area contributed by atoms with Crippen LogP contribution in [0.25, 0.3) is 0 Å². The summed E-state index contributed by atoms with van der Waals surface area (Å²) in [5, 5.41) is 10.5. The van der Waals surface area contributed by atoms with Crippen molar-refractivity contribution in [3.05, 3.63) is 64.9 Å². The minimum atomic E-state index is -0.954. The van der Waals surface area contributed by atoms with Gasteiger partial charge in [0, 0.05) is 5.02 Å². The zero-order valence-corrected chi connectivity index (χ0v) is 11.8. The summed E-state index contributed by atoms with van der Waals surface area (Å²) < 4.78 is 13.3. The summed E-state index contributed by atoms with van der Waals surface area (Å²) in [6, 6.07) is 12.5. The lowest BCUT2D eigenvalue weighted by atomic mass is 10.1. The fraction of sp³-hybridized carbons (Fsp3) is 0.133. The molecule has 2 aromatic rings. The third-order valence-corrected chi connectivity index (χ3v) is 3.10. The van der Waals surface area contributed by atoms with E-state index < -0.39 is 17.8 Å². The Kier molecular flexibility index (Phi) is 5.14. The van der Waals surface area contributed by atoms with Crippen LogP contribution in [0.3, 0.4) is 0 Å². The van der Waals surface area contributed by atoms with Crippen LogP contribution in [0.4, 0.5) is 10.1 Å². The van der Waals surface area contributed by atoms with Crippen molar-refractivity contribution >= 4 is 23.2 Å². The number of aliphatic hydroxyl groups excluding tert-OH is 1. The summed E-state index contributed by atoms with van der Waals surface area (Å²) in [5.41, 5.74) is 5.55. The summed E-state index contributed by atoms with van der Waals surface area (Å²) in [5.74, 6) is -0.934. The Morgan fingerprint density at radius 3 is 2.52 bits per heavy atom. The van der Waals surface area contributed by atoms with E-state index in [0.29, 0.717) is 10.6 Å². The van der Waals surface area contributed by atoms with Crippen LogP contribution < -0.4 is 10.9 Å². The number of carbonyl (C=O) groups excluding carboxylic acids is 1. The van der Waals surface area contributed by atoms with Gasteiger partial charge in [0.05, 0.1) is 18.2 Å². The number of hydrogen-bond acceptors (Lipinski definition) is 3. The number of carbonyl (C=O) groups is 1. The van der Waals surface area contributed by atoms with Crippen molar-refractivity contribution in [1.29, 1.82) is 0 Å². The largest absolute Gasteiger partial charge is 0.388 e. The van der Waals surface area contributed by atoms with Gasteiger partial charge in [-0.05, 0) is 29.8 Å². The van der Waals surface area contributed by atoms with Crippen LogP contribution in [0.2, 0.25) is 5.02 Å². The van der Waals surface area contributed by atoms with Crippen LogP contribution in [0.1, 0.15) is 18.1 Å². The molecule has 0 bridgehead atoms. The van der Waals surface area contributed by atoms with Crippen molar-refractivity contribution in [2.24, 2.45) is 0 Å². The van der Waals surface area contributed by atoms with Gasteiger partial charge in [0.2, 0.25) is 5.91 Å². The number of anilines is 1. The quantitative estimate of drug-likeness (QED) is 0.744. The van der Waals surface area contributed by atoms with Crippen molar-refractivity contribution in [2.45, 2.75) is 12.5 Å². The number of rotatable bonds is 5. The molecule has 0 saturated heterocycles. The van der Waals surface area contributed by atoms with Crippen LogP contribution in [0.5, 0.6) is 0 Å². The maximum absolute atomic E-state index is 13.3. The minimum absolute atomic E-state index is 0.150. The van der Waals surface area contributed by atoms with Crippen LogP contribution in [0.15, 0.2) is 48.5 Å². The topological polar surface area (TPSA) is 61.4 Å². The standard InChI is InChI=1S/C15H14ClFN2O2/c16-11-7-5-10(6-8-11)14(20)9-15(21)19-18-13-4-2-1-3-12(13)17/h1-8,14,18,20H,9H2,(H,19,21). The lowest BCUT2D eigenvalue weighted by Gasteiger charge is -2.13. The molecular weight excluding hydrogens is 295 g/mol. The molecule has 0 aliphatic rings. The number of aliphatic hydroxyl groups is 1. The average molecular weight is 309 g/mol. The van der Waals surface area contributed by atoms with Crippen LogP contribution >= 0.6 is 11.6 Å². The normalized spacial score (nSPS) is 11.8. The Balaban J connectivity index is 1.87. The molecule has 3 N–H and O–H groups in total. The average Bonchev–Trinajstić information content (AvgIpc) is 2.47. The van der Waals surface area contributed by atoms with Crippen molar-refractivity contribution in [1.82, 2.24) is 5.43 Å². The van der Waals surface area contributed by atoms with Crippen molar-refractivity contribution in [3.63, 3.8) is 0 Å². The van der Waals surface area contributed by atoms with E-state index in [1.54, 1.807) is 36.4 Å². The van der Waals surface area contributed by atoms with Gasteiger partial charge in [-0.3, -0.25) is 15.6 Å². The molecular formula is C15H14ClFN2O2. The Morgan fingerprint density at radius 2 is 1.86 bits per heavy atom. The van der Waals surface area contributed by atoms with Gasteiger partial charge in [-0.2, -0.15) is 0 Å². The van der Waals surface area contributed by atoms with Gasteiger partial charge in [-0.25, -0.2) is 4.39 Å². The Hall–Kier alpha value is -2.11. The second-order valence-corrected chi connectivity index (χ2v) is 4.86. The van der Waals surface area contributed by atoms with Crippen LogP contribution in [-0.4, -0.2) is 11.0 Å². The van der Waals surface area contributed by atoms with E-state index in [9.17, 15) is 14.3 Å². The molecule has 0 saturated carbocycles. The van der Waals surface area contributed by atoms with Gasteiger partial charge in [-0.15, -0.1) is 0 Å². The van der Waals surface area contributed by atoms with Gasteiger partial charge in [0.1, 0.15) is 5.82 Å². The number of amides is 1. The van der Waals surface area contributed by atoms with E-state index in [2.05, 4.69) is 10.9 Å². The van der Waals surface area contributed by atoms with Gasteiger partial charge >= 0.3 is 0 Å². The number of nitrogens with one attached hydrogen (secondary N) is 2. The first-order valence-corrected chi connectivity index (χ1v) is 6.67. The third kappa shape index (κ3) is 4.44. The first-order chi connectivity index (χ1) is 10.1. The highest BCUT2D eigenvalue weighted by Gasteiger charge is 2.13. The predicted octanol–water partition coefficient (Wildman–Crippen LogP) is 3.05. The first-order valence-electron chi connectivity index (χ1n) is 6.29. The molecule has 21 heavy (non-hydrogen) atoms. The van der Waals surface area contributed by atoms with Gasteiger partial charge in [0.25, 0.3) is 0 Å². The highest BCUT2D eigenvalue weighted by atomic mass is 35.5. The molecule has 0 spiro atoms. The first kappa shape index (κ1) is 15.3. The number of hydrogen-bond donors (Lipinski definition) is 3. The van der Waals surface area contributed by atoms with Gasteiger partial charge < -0.3 is 5.11 Å². The molecule has 0 aliphatic carbocycles. The maximum atomic E-state index is 13.3. The molecule has 4 nitrogen and oxygen atoms in total. The zero-order valence-electron chi connectivity index (χ0n) is 11.0. The molecule has 2 rings (SSSR count). The molecule has 6 heteroatoms. The lowest BCUT2D eigenvalue weighted by molar-refractivity contribution is -0.122. The number of para-hydroxylation sites is 1. The van der Waals surface area contributed by atoms with E-state index >= 15 is 0 Å². The fourth-order valence-electron chi connectivity index (χ4n) is 1.73. The molecule has 0 aliphatic heterocycles. The molecule has 0 fully saturated rings.